The summed E-state index contributed by atoms with van der Waals surface area (Å²) >= 11 is 0. The van der Waals surface area contributed by atoms with Gasteiger partial charge < -0.3 is 14.9 Å². The predicted molar refractivity (Wildman–Crippen MR) is 93.1 cm³/mol. The highest BCUT2D eigenvalue weighted by Gasteiger charge is 2.47. The van der Waals surface area contributed by atoms with E-state index in [9.17, 15) is 47.9 Å². The highest BCUT2D eigenvalue weighted by molar-refractivity contribution is 6.30. The lowest BCUT2D eigenvalue weighted by Gasteiger charge is -2.17. The number of ether oxygens (including phenoxy) is 1. The maximum atomic E-state index is 12.2. The van der Waals surface area contributed by atoms with Crippen molar-refractivity contribution in [3.63, 3.8) is 0 Å². The third-order valence-electron chi connectivity index (χ3n) is 3.93. The number of aliphatic carboxylic acids is 2. The van der Waals surface area contributed by atoms with Gasteiger partial charge in [-0.15, -0.1) is 0 Å². The number of hydrogen-bond acceptors (Lipinski definition) is 11. The topological polar surface area (TPSA) is 220 Å². The number of carboxylic acids is 2. The quantitative estimate of drug-likeness (QED) is 0.251. The Morgan fingerprint density at radius 3 is 0.871 bits per heavy atom. The fourth-order valence-corrected chi connectivity index (χ4v) is 2.51. The molecular weight excluding hydrogens is 424 g/mol. The van der Waals surface area contributed by atoms with E-state index in [4.69, 9.17) is 10.2 Å². The van der Waals surface area contributed by atoms with Gasteiger partial charge in [-0.05, 0) is 27.7 Å². The molecule has 4 unspecified atom stereocenters. The van der Waals surface area contributed by atoms with Crippen molar-refractivity contribution in [2.75, 3.05) is 0 Å². The smallest absolute Gasteiger partial charge is 0.331 e. The van der Waals surface area contributed by atoms with Crippen LogP contribution < -0.4 is 0 Å². The molecule has 168 valence electrons. The van der Waals surface area contributed by atoms with Crippen LogP contribution in [0.4, 0.5) is 0 Å². The summed E-state index contributed by atoms with van der Waals surface area (Å²) in [6.07, 6.45) is 0. The Hall–Kier alpha value is -3.90. The number of carboxylic acid groups (broad SMARTS) is 2. The van der Waals surface area contributed by atoms with Gasteiger partial charge in [-0.1, -0.05) is 0 Å². The Bertz CT molecular complexity index is 794. The van der Waals surface area contributed by atoms with Gasteiger partial charge >= 0.3 is 23.9 Å². The largest absolute Gasteiger partial charge is 0.480 e. The molecule has 0 fully saturated rings. The highest BCUT2D eigenvalue weighted by Crippen LogP contribution is 2.17. The van der Waals surface area contributed by atoms with E-state index in [0.29, 0.717) is 27.7 Å². The summed E-state index contributed by atoms with van der Waals surface area (Å²) in [6.45, 7) is 2.69. The molecule has 0 amide bonds. The highest BCUT2D eigenvalue weighted by atomic mass is 16.6. The minimum atomic E-state index is -2.56. The molecule has 0 aliphatic heterocycles. The summed E-state index contributed by atoms with van der Waals surface area (Å²) in [5, 5.41) is 17.9. The maximum Gasteiger partial charge on any atom is 0.331 e. The number of Topliss-reactive ketones (excluding diaryl/α,β-unsaturated/α-hetero) is 6. The average Bonchev–Trinajstić information content (AvgIpc) is 2.51. The monoisotopic (exact) mass is 442 g/mol. The van der Waals surface area contributed by atoms with Gasteiger partial charge in [0.15, 0.2) is 58.4 Å². The van der Waals surface area contributed by atoms with E-state index >= 15 is 0 Å². The van der Waals surface area contributed by atoms with Crippen LogP contribution >= 0.6 is 0 Å². The lowest BCUT2D eigenvalue weighted by Crippen LogP contribution is -2.45. The molecule has 0 radical (unpaired) electrons. The summed E-state index contributed by atoms with van der Waals surface area (Å²) < 4.78 is 4.19. The van der Waals surface area contributed by atoms with Crippen LogP contribution in [-0.2, 0) is 52.7 Å². The molecule has 2 N–H and O–H groups in total. The van der Waals surface area contributed by atoms with Crippen LogP contribution in [-0.4, -0.2) is 68.8 Å². The Morgan fingerprint density at radius 1 is 0.484 bits per heavy atom. The molecule has 0 spiro atoms. The molecular formula is C18H18O13. The zero-order chi connectivity index (χ0) is 24.8. The maximum absolute atomic E-state index is 12.2. The molecule has 0 aliphatic rings. The minimum Gasteiger partial charge on any atom is -0.480 e. The van der Waals surface area contributed by atoms with Gasteiger partial charge in [-0.2, -0.15) is 0 Å². The molecule has 4 atom stereocenters. The first-order chi connectivity index (χ1) is 14.1. The molecule has 0 saturated heterocycles. The van der Waals surface area contributed by atoms with E-state index in [1.807, 2.05) is 0 Å². The van der Waals surface area contributed by atoms with Crippen molar-refractivity contribution in [3.8, 4) is 0 Å². The molecule has 13 nitrogen and oxygen atoms in total. The standard InChI is InChI=1S/C18H18O13/c1-5(19)9(15(25)26)13(23)11(7(3)21)17(29)31-18(30)12(8(4)22)14(24)10(6(2)20)16(27)28/h9-12H,1-4H3,(H,25,26)(H,27,28). The third kappa shape index (κ3) is 6.55. The Balaban J connectivity index is 5.99. The second kappa shape index (κ2) is 10.8. The van der Waals surface area contributed by atoms with Gasteiger partial charge in [-0.25, -0.2) is 0 Å². The fourth-order valence-electron chi connectivity index (χ4n) is 2.51. The van der Waals surface area contributed by atoms with Gasteiger partial charge in [0.05, 0.1) is 0 Å². The number of carbonyl (C=O) groups is 10. The Morgan fingerprint density at radius 2 is 0.710 bits per heavy atom. The minimum absolute atomic E-state index is 0.650. The SMILES string of the molecule is CC(=O)C(C(=O)O)C(=O)C(C(C)=O)C(=O)OC(=O)C(C(C)=O)C(=O)C(C(C)=O)C(=O)O. The van der Waals surface area contributed by atoms with Crippen LogP contribution in [0.1, 0.15) is 27.7 Å². The second-order valence-corrected chi connectivity index (χ2v) is 6.40. The van der Waals surface area contributed by atoms with Crippen LogP contribution in [0.3, 0.4) is 0 Å². The summed E-state index contributed by atoms with van der Waals surface area (Å²) in [5.41, 5.74) is 0. The molecule has 13 heteroatoms. The lowest BCUT2D eigenvalue weighted by molar-refractivity contribution is -0.168. The first-order valence-corrected chi connectivity index (χ1v) is 8.36. The molecule has 0 aliphatic carbocycles. The van der Waals surface area contributed by atoms with Crippen molar-refractivity contribution in [1.82, 2.24) is 0 Å². The molecule has 0 rings (SSSR count). The predicted octanol–water partition coefficient (Wildman–Crippen LogP) is -1.82. The van der Waals surface area contributed by atoms with E-state index in [1.165, 1.54) is 0 Å². The van der Waals surface area contributed by atoms with Crippen molar-refractivity contribution in [3.05, 3.63) is 0 Å². The van der Waals surface area contributed by atoms with Crippen molar-refractivity contribution < 1.29 is 62.9 Å². The fraction of sp³-hybridized carbons (Fsp3) is 0.444. The van der Waals surface area contributed by atoms with Crippen LogP contribution in [0.15, 0.2) is 0 Å². The van der Waals surface area contributed by atoms with E-state index in [-0.39, 0.29) is 0 Å². The normalized spacial score (nSPS) is 14.2. The average molecular weight is 442 g/mol. The van der Waals surface area contributed by atoms with Crippen molar-refractivity contribution in [2.45, 2.75) is 27.7 Å². The number of rotatable bonds is 12. The Labute approximate surface area is 173 Å². The molecule has 0 saturated carbocycles. The first kappa shape index (κ1) is 27.1. The van der Waals surface area contributed by atoms with Gasteiger partial charge in [0.2, 0.25) is 0 Å². The number of hydrogen-bond donors (Lipinski definition) is 2. The number of ketones is 6. The van der Waals surface area contributed by atoms with Crippen LogP contribution in [0.2, 0.25) is 0 Å². The zero-order valence-corrected chi connectivity index (χ0v) is 16.7. The second-order valence-electron chi connectivity index (χ2n) is 6.40. The van der Waals surface area contributed by atoms with Crippen LogP contribution in [0, 0.1) is 23.7 Å². The lowest BCUT2D eigenvalue weighted by atomic mass is 9.87. The number of carbonyl (C=O) groups excluding carboxylic acids is 8. The van der Waals surface area contributed by atoms with Gasteiger partial charge in [0, 0.05) is 0 Å². The molecule has 0 aromatic carbocycles. The summed E-state index contributed by atoms with van der Waals surface area (Å²) in [6, 6.07) is 0. The third-order valence-corrected chi connectivity index (χ3v) is 3.93. The summed E-state index contributed by atoms with van der Waals surface area (Å²) in [4.78, 5) is 117. The van der Waals surface area contributed by atoms with Gasteiger partial charge in [0.25, 0.3) is 0 Å². The van der Waals surface area contributed by atoms with Crippen molar-refractivity contribution >= 4 is 58.6 Å². The van der Waals surface area contributed by atoms with Crippen molar-refractivity contribution in [2.24, 2.45) is 23.7 Å². The summed E-state index contributed by atoms with van der Waals surface area (Å²) in [5.74, 6) is -26.4. The number of esters is 2. The van der Waals surface area contributed by atoms with Crippen LogP contribution in [0.25, 0.3) is 0 Å². The first-order valence-electron chi connectivity index (χ1n) is 8.36. The Kier molecular flexibility index (Phi) is 9.40. The molecule has 0 bridgehead atoms. The molecule has 0 aromatic heterocycles. The molecule has 0 aromatic rings. The zero-order valence-electron chi connectivity index (χ0n) is 16.7. The van der Waals surface area contributed by atoms with Crippen LogP contribution in [0.5, 0.6) is 0 Å². The molecule has 0 heterocycles. The van der Waals surface area contributed by atoms with Gasteiger partial charge in [-0.3, -0.25) is 47.9 Å². The van der Waals surface area contributed by atoms with E-state index in [0.717, 1.165) is 0 Å². The van der Waals surface area contributed by atoms with Gasteiger partial charge in [0.1, 0.15) is 0 Å². The summed E-state index contributed by atoms with van der Waals surface area (Å²) in [7, 11) is 0. The van der Waals surface area contributed by atoms with E-state index in [2.05, 4.69) is 4.74 Å². The molecule has 31 heavy (non-hydrogen) atoms. The van der Waals surface area contributed by atoms with E-state index < -0.39 is 82.2 Å². The van der Waals surface area contributed by atoms with E-state index in [1.54, 1.807) is 0 Å². The van der Waals surface area contributed by atoms with Crippen molar-refractivity contribution in [1.29, 1.82) is 0 Å².